The first kappa shape index (κ1) is 10.2. The zero-order valence-electron chi connectivity index (χ0n) is 8.48. The quantitative estimate of drug-likeness (QED) is 0.698. The van der Waals surface area contributed by atoms with Crippen LogP contribution in [0.5, 0.6) is 0 Å². The van der Waals surface area contributed by atoms with Crippen LogP contribution in [0.25, 0.3) is 0 Å². The molecule has 5 heteroatoms. The van der Waals surface area contributed by atoms with Gasteiger partial charge >= 0.3 is 0 Å². The highest BCUT2D eigenvalue weighted by atomic mass is 16.3. The molecule has 1 unspecified atom stereocenters. The van der Waals surface area contributed by atoms with Crippen molar-refractivity contribution in [1.29, 1.82) is 0 Å². The number of hydrogen-bond donors (Lipinski definition) is 2. The van der Waals surface area contributed by atoms with Crippen LogP contribution < -0.4 is 11.1 Å². The number of rotatable bonds is 2. The smallest absolute Gasteiger partial charge is 0.289 e. The van der Waals surface area contributed by atoms with Crippen LogP contribution in [0.1, 0.15) is 10.6 Å². The average molecular weight is 209 g/mol. The molecule has 0 radical (unpaired) electrons. The standard InChI is InChI=1S/C10H15N3O2/c11-6-8-7-12-3-4-13(8)10(14)9-2-1-5-15-9/h1-2,5,8,12H,3-4,6-7,11H2. The lowest BCUT2D eigenvalue weighted by Gasteiger charge is -2.34. The summed E-state index contributed by atoms with van der Waals surface area (Å²) >= 11 is 0. The van der Waals surface area contributed by atoms with Crippen LogP contribution in [-0.2, 0) is 0 Å². The number of nitrogens with zero attached hydrogens (tertiary/aromatic N) is 1. The summed E-state index contributed by atoms with van der Waals surface area (Å²) in [7, 11) is 0. The summed E-state index contributed by atoms with van der Waals surface area (Å²) in [6.07, 6.45) is 1.51. The molecule has 82 valence electrons. The van der Waals surface area contributed by atoms with Gasteiger partial charge in [0.1, 0.15) is 0 Å². The molecule has 1 aliphatic heterocycles. The molecule has 0 bridgehead atoms. The Hall–Kier alpha value is -1.33. The van der Waals surface area contributed by atoms with Crippen molar-refractivity contribution in [2.24, 2.45) is 5.73 Å². The van der Waals surface area contributed by atoms with E-state index in [1.807, 2.05) is 0 Å². The second-order valence-corrected chi connectivity index (χ2v) is 3.57. The average Bonchev–Trinajstić information content (AvgIpc) is 2.81. The molecule has 5 nitrogen and oxygen atoms in total. The molecule has 2 heterocycles. The predicted octanol–water partition coefficient (Wildman–Crippen LogP) is -0.348. The van der Waals surface area contributed by atoms with Crippen molar-refractivity contribution in [2.45, 2.75) is 6.04 Å². The highest BCUT2D eigenvalue weighted by Crippen LogP contribution is 2.10. The van der Waals surface area contributed by atoms with E-state index in [0.717, 1.165) is 13.1 Å². The van der Waals surface area contributed by atoms with Gasteiger partial charge in [-0.25, -0.2) is 0 Å². The Bertz CT molecular complexity index is 323. The second-order valence-electron chi connectivity index (χ2n) is 3.57. The lowest BCUT2D eigenvalue weighted by Crippen LogP contribution is -2.56. The number of amides is 1. The zero-order valence-corrected chi connectivity index (χ0v) is 8.48. The van der Waals surface area contributed by atoms with Crippen LogP contribution in [0.15, 0.2) is 22.8 Å². The molecular weight excluding hydrogens is 194 g/mol. The number of nitrogens with two attached hydrogens (primary N) is 1. The molecule has 1 fully saturated rings. The third-order valence-electron chi connectivity index (χ3n) is 2.62. The Morgan fingerprint density at radius 1 is 1.73 bits per heavy atom. The van der Waals surface area contributed by atoms with Gasteiger partial charge in [0.05, 0.1) is 12.3 Å². The van der Waals surface area contributed by atoms with Crippen molar-refractivity contribution in [3.8, 4) is 0 Å². The largest absolute Gasteiger partial charge is 0.459 e. The Kier molecular flexibility index (Phi) is 3.03. The number of furan rings is 1. The van der Waals surface area contributed by atoms with Crippen molar-refractivity contribution in [2.75, 3.05) is 26.2 Å². The van der Waals surface area contributed by atoms with Gasteiger partial charge in [0.25, 0.3) is 5.91 Å². The van der Waals surface area contributed by atoms with E-state index >= 15 is 0 Å². The Morgan fingerprint density at radius 3 is 3.27 bits per heavy atom. The maximum Gasteiger partial charge on any atom is 0.289 e. The van der Waals surface area contributed by atoms with E-state index < -0.39 is 0 Å². The fourth-order valence-electron chi connectivity index (χ4n) is 1.78. The Labute approximate surface area is 88.2 Å². The van der Waals surface area contributed by atoms with E-state index in [4.69, 9.17) is 10.2 Å². The summed E-state index contributed by atoms with van der Waals surface area (Å²) in [5, 5.41) is 3.21. The van der Waals surface area contributed by atoms with E-state index in [9.17, 15) is 4.79 Å². The molecule has 1 atom stereocenters. The maximum absolute atomic E-state index is 12.0. The summed E-state index contributed by atoms with van der Waals surface area (Å²) < 4.78 is 5.09. The fraction of sp³-hybridized carbons (Fsp3) is 0.500. The summed E-state index contributed by atoms with van der Waals surface area (Å²) in [6, 6.07) is 3.46. The molecule has 1 amide bonds. The lowest BCUT2D eigenvalue weighted by molar-refractivity contribution is 0.0612. The first-order chi connectivity index (χ1) is 7.33. The summed E-state index contributed by atoms with van der Waals surface area (Å²) in [5.41, 5.74) is 5.62. The van der Waals surface area contributed by atoms with Gasteiger partial charge in [0, 0.05) is 26.2 Å². The maximum atomic E-state index is 12.0. The van der Waals surface area contributed by atoms with Crippen LogP contribution in [-0.4, -0.2) is 43.0 Å². The molecular formula is C10H15N3O2. The van der Waals surface area contributed by atoms with Gasteiger partial charge in [-0.3, -0.25) is 4.79 Å². The number of carbonyl (C=O) groups excluding carboxylic acids is 1. The molecule has 1 aromatic heterocycles. The summed E-state index contributed by atoms with van der Waals surface area (Å²) in [5.74, 6) is 0.312. The van der Waals surface area contributed by atoms with E-state index in [1.165, 1.54) is 6.26 Å². The molecule has 0 aromatic carbocycles. The van der Waals surface area contributed by atoms with Gasteiger partial charge in [0.2, 0.25) is 0 Å². The zero-order chi connectivity index (χ0) is 10.7. The number of hydrogen-bond acceptors (Lipinski definition) is 4. The minimum Gasteiger partial charge on any atom is -0.459 e. The van der Waals surface area contributed by atoms with Gasteiger partial charge in [-0.15, -0.1) is 0 Å². The summed E-state index contributed by atoms with van der Waals surface area (Å²) in [6.45, 7) is 2.72. The molecule has 2 rings (SSSR count). The molecule has 1 saturated heterocycles. The van der Waals surface area contributed by atoms with Gasteiger partial charge in [0.15, 0.2) is 5.76 Å². The van der Waals surface area contributed by atoms with Gasteiger partial charge in [-0.1, -0.05) is 0 Å². The van der Waals surface area contributed by atoms with Gasteiger partial charge < -0.3 is 20.4 Å². The molecule has 0 aliphatic carbocycles. The summed E-state index contributed by atoms with van der Waals surface area (Å²) in [4.78, 5) is 13.8. The van der Waals surface area contributed by atoms with Crippen LogP contribution in [0, 0.1) is 0 Å². The highest BCUT2D eigenvalue weighted by molar-refractivity contribution is 5.91. The second kappa shape index (κ2) is 4.46. The van der Waals surface area contributed by atoms with Crippen LogP contribution in [0.2, 0.25) is 0 Å². The molecule has 0 saturated carbocycles. The number of carbonyl (C=O) groups is 1. The minimum atomic E-state index is -0.0723. The number of piperazine rings is 1. The Balaban J connectivity index is 2.11. The molecule has 1 aromatic rings. The van der Waals surface area contributed by atoms with E-state index in [2.05, 4.69) is 5.32 Å². The highest BCUT2D eigenvalue weighted by Gasteiger charge is 2.27. The van der Waals surface area contributed by atoms with E-state index in [0.29, 0.717) is 18.8 Å². The normalized spacial score (nSPS) is 21.7. The van der Waals surface area contributed by atoms with Crippen molar-refractivity contribution in [1.82, 2.24) is 10.2 Å². The topological polar surface area (TPSA) is 71.5 Å². The van der Waals surface area contributed by atoms with Gasteiger partial charge in [-0.2, -0.15) is 0 Å². The molecule has 15 heavy (non-hydrogen) atoms. The monoisotopic (exact) mass is 209 g/mol. The fourth-order valence-corrected chi connectivity index (χ4v) is 1.78. The SMILES string of the molecule is NCC1CNCCN1C(=O)c1ccco1. The van der Waals surface area contributed by atoms with Crippen molar-refractivity contribution in [3.63, 3.8) is 0 Å². The predicted molar refractivity (Wildman–Crippen MR) is 55.5 cm³/mol. The molecule has 0 spiro atoms. The first-order valence-electron chi connectivity index (χ1n) is 5.08. The lowest BCUT2D eigenvalue weighted by atomic mass is 10.2. The van der Waals surface area contributed by atoms with Crippen molar-refractivity contribution >= 4 is 5.91 Å². The minimum absolute atomic E-state index is 0.0661. The number of nitrogens with one attached hydrogen (secondary N) is 1. The first-order valence-corrected chi connectivity index (χ1v) is 5.08. The third kappa shape index (κ3) is 2.03. The van der Waals surface area contributed by atoms with Gasteiger partial charge in [-0.05, 0) is 12.1 Å². The van der Waals surface area contributed by atoms with Crippen LogP contribution in [0.4, 0.5) is 0 Å². The van der Waals surface area contributed by atoms with Crippen LogP contribution in [0.3, 0.4) is 0 Å². The van der Waals surface area contributed by atoms with E-state index in [1.54, 1.807) is 17.0 Å². The third-order valence-corrected chi connectivity index (χ3v) is 2.62. The van der Waals surface area contributed by atoms with Crippen LogP contribution >= 0.6 is 0 Å². The molecule has 3 N–H and O–H groups in total. The molecule has 1 aliphatic rings. The van der Waals surface area contributed by atoms with E-state index in [-0.39, 0.29) is 11.9 Å². The van der Waals surface area contributed by atoms with Crippen molar-refractivity contribution in [3.05, 3.63) is 24.2 Å². The Morgan fingerprint density at radius 2 is 2.60 bits per heavy atom. The van der Waals surface area contributed by atoms with Crippen molar-refractivity contribution < 1.29 is 9.21 Å².